The fraction of sp³-hybridized carbons (Fsp3) is 0.244. The first-order chi connectivity index (χ1) is 21.1. The van der Waals surface area contributed by atoms with Gasteiger partial charge >= 0.3 is 0 Å². The topological polar surface area (TPSA) is 24.4 Å². The molecule has 0 aromatic heterocycles. The summed E-state index contributed by atoms with van der Waals surface area (Å²) in [6, 6.07) is 29.1. The van der Waals surface area contributed by atoms with Crippen LogP contribution in [-0.4, -0.2) is 5.84 Å². The summed E-state index contributed by atoms with van der Waals surface area (Å²) in [5, 5.41) is 6.58. The SMILES string of the molecule is CC1(C)c2ccccc2C2C(C3=CC=C(C4=NC(C5=CC=CCC5)=CC(c5ccccc5)N4)CC3)=c3ccccc3=CC21. The van der Waals surface area contributed by atoms with Crippen LogP contribution in [0.3, 0.4) is 0 Å². The Morgan fingerprint density at radius 3 is 2.33 bits per heavy atom. The van der Waals surface area contributed by atoms with E-state index in [0.717, 1.165) is 37.2 Å². The van der Waals surface area contributed by atoms with Crippen molar-refractivity contribution in [3.8, 4) is 0 Å². The summed E-state index contributed by atoms with van der Waals surface area (Å²) in [7, 11) is 0. The third kappa shape index (κ3) is 4.43. The molecule has 0 spiro atoms. The predicted octanol–water partition coefficient (Wildman–Crippen LogP) is 7.87. The molecule has 0 saturated heterocycles. The van der Waals surface area contributed by atoms with Crippen molar-refractivity contribution in [2.75, 3.05) is 0 Å². The van der Waals surface area contributed by atoms with Crippen molar-refractivity contribution in [1.29, 1.82) is 0 Å². The molecule has 212 valence electrons. The van der Waals surface area contributed by atoms with Crippen LogP contribution in [0.25, 0.3) is 11.6 Å². The van der Waals surface area contributed by atoms with Crippen LogP contribution < -0.4 is 15.8 Å². The van der Waals surface area contributed by atoms with Crippen molar-refractivity contribution >= 4 is 17.5 Å². The molecule has 0 fully saturated rings. The molecule has 3 unspecified atom stereocenters. The Balaban J connectivity index is 1.21. The highest BCUT2D eigenvalue weighted by atomic mass is 15.1. The van der Waals surface area contributed by atoms with Crippen molar-refractivity contribution in [3.63, 3.8) is 0 Å². The Kier molecular flexibility index (Phi) is 6.33. The van der Waals surface area contributed by atoms with Crippen LogP contribution in [0, 0.1) is 5.92 Å². The van der Waals surface area contributed by atoms with Gasteiger partial charge in [-0.3, -0.25) is 0 Å². The fourth-order valence-electron chi connectivity index (χ4n) is 8.00. The Morgan fingerprint density at radius 1 is 0.744 bits per heavy atom. The number of nitrogens with zero attached hydrogens (tertiary/aromatic N) is 1. The maximum atomic E-state index is 5.24. The van der Waals surface area contributed by atoms with Gasteiger partial charge in [-0.15, -0.1) is 0 Å². The summed E-state index contributed by atoms with van der Waals surface area (Å²) < 4.78 is 0. The van der Waals surface area contributed by atoms with Gasteiger partial charge in [0.15, 0.2) is 0 Å². The predicted molar refractivity (Wildman–Crippen MR) is 179 cm³/mol. The number of nitrogens with one attached hydrogen (secondary N) is 1. The van der Waals surface area contributed by atoms with Crippen molar-refractivity contribution in [1.82, 2.24) is 5.32 Å². The molecule has 43 heavy (non-hydrogen) atoms. The minimum Gasteiger partial charge on any atom is -0.359 e. The second-order valence-corrected chi connectivity index (χ2v) is 13.1. The summed E-state index contributed by atoms with van der Waals surface area (Å²) in [4.78, 5) is 5.24. The molecule has 2 heteroatoms. The number of benzene rings is 3. The molecule has 0 amide bonds. The molecule has 0 radical (unpaired) electrons. The van der Waals surface area contributed by atoms with E-state index >= 15 is 0 Å². The highest BCUT2D eigenvalue weighted by Gasteiger charge is 2.47. The quantitative estimate of drug-likeness (QED) is 0.346. The summed E-state index contributed by atoms with van der Waals surface area (Å²) in [6.07, 6.45) is 20.4. The number of aliphatic imine (C=N–C) groups is 1. The van der Waals surface area contributed by atoms with E-state index < -0.39 is 0 Å². The summed E-state index contributed by atoms with van der Waals surface area (Å²) in [6.45, 7) is 4.87. The lowest BCUT2D eigenvalue weighted by Crippen LogP contribution is -2.39. The molecule has 0 bridgehead atoms. The normalized spacial score (nSPS) is 25.0. The Labute approximate surface area is 255 Å². The molecule has 2 nitrogen and oxygen atoms in total. The van der Waals surface area contributed by atoms with Gasteiger partial charge in [0.05, 0.1) is 11.7 Å². The van der Waals surface area contributed by atoms with Crippen LogP contribution in [0.2, 0.25) is 0 Å². The van der Waals surface area contributed by atoms with Crippen molar-refractivity contribution in [2.24, 2.45) is 10.9 Å². The zero-order chi connectivity index (χ0) is 29.0. The minimum absolute atomic E-state index is 0.0925. The maximum Gasteiger partial charge on any atom is 0.130 e. The molecule has 1 N–H and O–H groups in total. The summed E-state index contributed by atoms with van der Waals surface area (Å²) >= 11 is 0. The van der Waals surface area contributed by atoms with Gasteiger partial charge in [0.25, 0.3) is 0 Å². The third-order valence-corrected chi connectivity index (χ3v) is 10.3. The van der Waals surface area contributed by atoms with Crippen molar-refractivity contribution in [2.45, 2.75) is 56.9 Å². The first-order valence-electron chi connectivity index (χ1n) is 15.9. The molecule has 1 aliphatic heterocycles. The van der Waals surface area contributed by atoms with Crippen LogP contribution >= 0.6 is 0 Å². The molecule has 4 aliphatic carbocycles. The van der Waals surface area contributed by atoms with Crippen LogP contribution in [-0.2, 0) is 5.41 Å². The molecule has 3 aromatic rings. The van der Waals surface area contributed by atoms with Crippen LogP contribution in [0.1, 0.15) is 68.2 Å². The summed E-state index contributed by atoms with van der Waals surface area (Å²) in [5.41, 5.74) is 11.1. The highest BCUT2D eigenvalue weighted by molar-refractivity contribution is 6.01. The second-order valence-electron chi connectivity index (χ2n) is 13.1. The van der Waals surface area contributed by atoms with Crippen molar-refractivity contribution in [3.05, 3.63) is 165 Å². The van der Waals surface area contributed by atoms with Crippen LogP contribution in [0.15, 0.2) is 143 Å². The average Bonchev–Trinajstić information content (AvgIpc) is 3.30. The van der Waals surface area contributed by atoms with Gasteiger partial charge in [0, 0.05) is 5.92 Å². The largest absolute Gasteiger partial charge is 0.359 e. The average molecular weight is 559 g/mol. The van der Waals surface area contributed by atoms with Crippen LogP contribution in [0.4, 0.5) is 0 Å². The Hall–Kier alpha value is -4.43. The molecule has 0 saturated carbocycles. The van der Waals surface area contributed by atoms with E-state index in [0.29, 0.717) is 11.8 Å². The summed E-state index contributed by atoms with van der Waals surface area (Å²) in [5.74, 6) is 1.85. The number of rotatable bonds is 4. The second kappa shape index (κ2) is 10.4. The van der Waals surface area contributed by atoms with Gasteiger partial charge in [0.2, 0.25) is 0 Å². The maximum absolute atomic E-state index is 5.24. The van der Waals surface area contributed by atoms with Crippen molar-refractivity contribution < 1.29 is 0 Å². The first-order valence-corrected chi connectivity index (χ1v) is 15.9. The molecular formula is C41H38N2. The van der Waals surface area contributed by atoms with Gasteiger partial charge in [-0.25, -0.2) is 4.99 Å². The first kappa shape index (κ1) is 26.2. The monoisotopic (exact) mass is 558 g/mol. The van der Waals surface area contributed by atoms with Gasteiger partial charge in [-0.1, -0.05) is 129 Å². The van der Waals surface area contributed by atoms with E-state index in [1.54, 1.807) is 0 Å². The number of allylic oxidation sites excluding steroid dienone is 7. The van der Waals surface area contributed by atoms with Gasteiger partial charge in [0.1, 0.15) is 5.84 Å². The molecular weight excluding hydrogens is 520 g/mol. The standard InChI is InChI=1S/C41H38N2/c1-41(2)34-20-12-11-19-33(34)39-35(41)25-31-17-9-10-18-32(31)38(39)29-21-23-30(24-22-29)40-42-36(27-13-5-3-6-14-27)26-37(43-40)28-15-7-4-8-16-28/h3-7,9-15,17-21,23,25-26,35-36,39H,8,16,22,24H2,1-2H3,(H,42,43). The van der Waals surface area contributed by atoms with E-state index in [4.69, 9.17) is 4.99 Å². The smallest absolute Gasteiger partial charge is 0.130 e. The number of fused-ring (bicyclic) bond motifs is 4. The van der Waals surface area contributed by atoms with E-state index in [1.807, 2.05) is 0 Å². The number of hydrogen-bond acceptors (Lipinski definition) is 2. The lowest BCUT2D eigenvalue weighted by Gasteiger charge is -2.34. The molecule has 3 aromatic carbocycles. The van der Waals surface area contributed by atoms with E-state index in [2.05, 4.69) is 141 Å². The number of amidine groups is 1. The minimum atomic E-state index is 0.0925. The molecule has 1 heterocycles. The van der Waals surface area contributed by atoms with E-state index in [9.17, 15) is 0 Å². The molecule has 3 atom stereocenters. The van der Waals surface area contributed by atoms with E-state index in [-0.39, 0.29) is 11.5 Å². The van der Waals surface area contributed by atoms with Gasteiger partial charge in [-0.05, 0) is 92.5 Å². The highest BCUT2D eigenvalue weighted by Crippen LogP contribution is 2.56. The zero-order valence-electron chi connectivity index (χ0n) is 25.1. The van der Waals surface area contributed by atoms with Gasteiger partial charge < -0.3 is 5.32 Å². The lowest BCUT2D eigenvalue weighted by molar-refractivity contribution is 0.417. The zero-order valence-corrected chi connectivity index (χ0v) is 25.1. The lowest BCUT2D eigenvalue weighted by atomic mass is 9.69. The third-order valence-electron chi connectivity index (χ3n) is 10.3. The Bertz CT molecular complexity index is 1930. The Morgan fingerprint density at radius 2 is 1.51 bits per heavy atom. The van der Waals surface area contributed by atoms with Gasteiger partial charge in [-0.2, -0.15) is 0 Å². The fourth-order valence-corrected chi connectivity index (χ4v) is 8.00. The number of hydrogen-bond donors (Lipinski definition) is 1. The van der Waals surface area contributed by atoms with Crippen LogP contribution in [0.5, 0.6) is 0 Å². The molecule has 5 aliphatic rings. The molecule has 8 rings (SSSR count). The van der Waals surface area contributed by atoms with E-state index in [1.165, 1.54) is 49.4 Å².